The van der Waals surface area contributed by atoms with Crippen molar-refractivity contribution in [3.05, 3.63) is 65.2 Å². The number of ether oxygens (including phenoxy) is 1. The summed E-state index contributed by atoms with van der Waals surface area (Å²) < 4.78 is 5.61. The van der Waals surface area contributed by atoms with Gasteiger partial charge in [-0.3, -0.25) is 14.5 Å². The molecular formula is C22H22ClN3O4. The van der Waals surface area contributed by atoms with E-state index in [1.54, 1.807) is 29.2 Å². The molecule has 30 heavy (non-hydrogen) atoms. The fourth-order valence-corrected chi connectivity index (χ4v) is 3.98. The summed E-state index contributed by atoms with van der Waals surface area (Å²) in [5.74, 6) is 0.336. The molecule has 4 amide bonds. The van der Waals surface area contributed by atoms with Crippen LogP contribution in [-0.4, -0.2) is 59.4 Å². The molecule has 156 valence electrons. The van der Waals surface area contributed by atoms with E-state index >= 15 is 0 Å². The number of hydrogen-bond acceptors (Lipinski definition) is 4. The predicted octanol–water partition coefficient (Wildman–Crippen LogP) is 2.95. The van der Waals surface area contributed by atoms with Gasteiger partial charge in [-0.1, -0.05) is 29.8 Å². The Labute approximate surface area is 179 Å². The molecule has 0 unspecified atom stereocenters. The van der Waals surface area contributed by atoms with Crippen molar-refractivity contribution in [1.29, 1.82) is 0 Å². The van der Waals surface area contributed by atoms with Gasteiger partial charge in [0, 0.05) is 23.7 Å². The molecule has 0 atom stereocenters. The summed E-state index contributed by atoms with van der Waals surface area (Å²) in [5.41, 5.74) is -0.391. The number of rotatable bonds is 5. The van der Waals surface area contributed by atoms with Crippen molar-refractivity contribution in [2.75, 3.05) is 26.2 Å². The van der Waals surface area contributed by atoms with Gasteiger partial charge in [-0.15, -0.1) is 0 Å². The second kappa shape index (κ2) is 8.36. The Balaban J connectivity index is 1.34. The van der Waals surface area contributed by atoms with E-state index < -0.39 is 11.6 Å². The minimum absolute atomic E-state index is 0.105. The highest BCUT2D eigenvalue weighted by Gasteiger charge is 2.52. The van der Waals surface area contributed by atoms with Crippen LogP contribution in [0.15, 0.2) is 54.6 Å². The van der Waals surface area contributed by atoms with Gasteiger partial charge in [-0.2, -0.15) is 0 Å². The van der Waals surface area contributed by atoms with E-state index in [0.717, 1.165) is 0 Å². The number of amides is 4. The number of nitrogens with zero attached hydrogens (tertiary/aromatic N) is 2. The summed E-state index contributed by atoms with van der Waals surface area (Å²) >= 11 is 5.88. The molecule has 2 fully saturated rings. The third-order valence-electron chi connectivity index (χ3n) is 5.57. The van der Waals surface area contributed by atoms with Crippen molar-refractivity contribution in [3.8, 4) is 5.75 Å². The summed E-state index contributed by atoms with van der Waals surface area (Å²) in [6.07, 6.45) is 0.764. The van der Waals surface area contributed by atoms with Gasteiger partial charge >= 0.3 is 6.03 Å². The lowest BCUT2D eigenvalue weighted by Crippen LogP contribution is -2.56. The maximum atomic E-state index is 13.0. The van der Waals surface area contributed by atoms with E-state index in [0.29, 0.717) is 42.3 Å². The molecule has 0 aliphatic carbocycles. The van der Waals surface area contributed by atoms with Gasteiger partial charge in [0.05, 0.1) is 6.54 Å². The Kier molecular flexibility index (Phi) is 5.63. The maximum absolute atomic E-state index is 13.0. The Morgan fingerprint density at radius 3 is 2.37 bits per heavy atom. The number of nitrogens with one attached hydrogen (secondary N) is 1. The second-order valence-corrected chi connectivity index (χ2v) is 7.87. The summed E-state index contributed by atoms with van der Waals surface area (Å²) in [4.78, 5) is 41.0. The van der Waals surface area contributed by atoms with Gasteiger partial charge in [-0.05, 0) is 49.2 Å². The SMILES string of the molecule is O=C(c1ccc(Cl)cc1)N1CCC2(CC1)NC(=O)N(CCOc1ccccc1)C2=O. The molecule has 1 N–H and O–H groups in total. The molecule has 2 heterocycles. The predicted molar refractivity (Wildman–Crippen MR) is 112 cm³/mol. The van der Waals surface area contributed by atoms with Gasteiger partial charge in [-0.25, -0.2) is 4.79 Å². The first kappa shape index (κ1) is 20.2. The Hall–Kier alpha value is -3.06. The molecule has 0 radical (unpaired) electrons. The molecule has 7 nitrogen and oxygen atoms in total. The molecule has 4 rings (SSSR count). The standard InChI is InChI=1S/C22H22ClN3O4/c23-17-8-6-16(7-9-17)19(27)25-12-10-22(11-13-25)20(28)26(21(29)24-22)14-15-30-18-4-2-1-3-5-18/h1-9H,10-15H2,(H,24,29). The van der Waals surface area contributed by atoms with Gasteiger partial charge < -0.3 is 15.0 Å². The Morgan fingerprint density at radius 1 is 1.03 bits per heavy atom. The van der Waals surface area contributed by atoms with Crippen molar-refractivity contribution >= 4 is 29.4 Å². The lowest BCUT2D eigenvalue weighted by molar-refractivity contribution is -0.133. The molecular weight excluding hydrogens is 406 g/mol. The van der Waals surface area contributed by atoms with Crippen LogP contribution in [0, 0.1) is 0 Å². The third-order valence-corrected chi connectivity index (χ3v) is 5.82. The fourth-order valence-electron chi connectivity index (χ4n) is 3.86. The number of carbonyl (C=O) groups is 3. The second-order valence-electron chi connectivity index (χ2n) is 7.43. The summed E-state index contributed by atoms with van der Waals surface area (Å²) in [6.45, 7) is 1.18. The molecule has 0 aromatic heterocycles. The number of urea groups is 1. The van der Waals surface area contributed by atoms with E-state index in [2.05, 4.69) is 5.32 Å². The first-order chi connectivity index (χ1) is 14.5. The summed E-state index contributed by atoms with van der Waals surface area (Å²) in [6, 6.07) is 15.6. The van der Waals surface area contributed by atoms with Crippen LogP contribution in [0.2, 0.25) is 5.02 Å². The number of piperidine rings is 1. The number of likely N-dealkylation sites (tertiary alicyclic amines) is 1. The summed E-state index contributed by atoms with van der Waals surface area (Å²) in [7, 11) is 0. The van der Waals surface area contributed by atoms with Crippen LogP contribution < -0.4 is 10.1 Å². The number of hydrogen-bond donors (Lipinski definition) is 1. The highest BCUT2D eigenvalue weighted by Crippen LogP contribution is 2.30. The number of carbonyl (C=O) groups excluding carboxylic acids is 3. The number of halogens is 1. The molecule has 0 saturated carbocycles. The van der Waals surface area contributed by atoms with Crippen LogP contribution in [0.5, 0.6) is 5.75 Å². The molecule has 1 spiro atoms. The van der Waals surface area contributed by atoms with E-state index in [1.807, 2.05) is 30.3 Å². The first-order valence-electron chi connectivity index (χ1n) is 9.85. The van der Waals surface area contributed by atoms with Gasteiger partial charge in [0.15, 0.2) is 0 Å². The average molecular weight is 428 g/mol. The Bertz CT molecular complexity index is 941. The molecule has 2 saturated heterocycles. The van der Waals surface area contributed by atoms with Crippen LogP contribution in [0.3, 0.4) is 0 Å². The topological polar surface area (TPSA) is 79.0 Å². The molecule has 2 aliphatic heterocycles. The van der Waals surface area contributed by atoms with E-state index in [-0.39, 0.29) is 25.0 Å². The minimum Gasteiger partial charge on any atom is -0.492 e. The smallest absolute Gasteiger partial charge is 0.325 e. The van der Waals surface area contributed by atoms with Gasteiger partial charge in [0.1, 0.15) is 17.9 Å². The van der Waals surface area contributed by atoms with Crippen molar-refractivity contribution in [1.82, 2.24) is 15.1 Å². The van der Waals surface area contributed by atoms with E-state index in [4.69, 9.17) is 16.3 Å². The molecule has 8 heteroatoms. The normalized spacial score (nSPS) is 17.9. The van der Waals surface area contributed by atoms with E-state index in [1.165, 1.54) is 4.90 Å². The van der Waals surface area contributed by atoms with Crippen LogP contribution in [0.1, 0.15) is 23.2 Å². The Morgan fingerprint density at radius 2 is 1.70 bits per heavy atom. The molecule has 2 aromatic carbocycles. The monoisotopic (exact) mass is 427 g/mol. The van der Waals surface area contributed by atoms with Crippen molar-refractivity contribution in [2.45, 2.75) is 18.4 Å². The quantitative estimate of drug-likeness (QED) is 0.744. The largest absolute Gasteiger partial charge is 0.492 e. The minimum atomic E-state index is -0.944. The number of para-hydroxylation sites is 1. The third kappa shape index (κ3) is 3.98. The molecule has 0 bridgehead atoms. The van der Waals surface area contributed by atoms with Crippen molar-refractivity contribution < 1.29 is 19.1 Å². The van der Waals surface area contributed by atoms with Gasteiger partial charge in [0.2, 0.25) is 0 Å². The number of benzene rings is 2. The fraction of sp³-hybridized carbons (Fsp3) is 0.318. The lowest BCUT2D eigenvalue weighted by atomic mass is 9.87. The van der Waals surface area contributed by atoms with Gasteiger partial charge in [0.25, 0.3) is 11.8 Å². The number of imide groups is 1. The lowest BCUT2D eigenvalue weighted by Gasteiger charge is -2.37. The first-order valence-corrected chi connectivity index (χ1v) is 10.2. The van der Waals surface area contributed by atoms with Crippen LogP contribution in [-0.2, 0) is 4.79 Å². The average Bonchev–Trinajstić information content (AvgIpc) is 2.99. The maximum Gasteiger partial charge on any atom is 0.325 e. The van der Waals surface area contributed by atoms with E-state index in [9.17, 15) is 14.4 Å². The molecule has 2 aliphatic rings. The van der Waals surface area contributed by atoms with Crippen molar-refractivity contribution in [3.63, 3.8) is 0 Å². The zero-order valence-electron chi connectivity index (χ0n) is 16.3. The summed E-state index contributed by atoms with van der Waals surface area (Å²) in [5, 5.41) is 3.42. The zero-order chi connectivity index (χ0) is 21.1. The highest BCUT2D eigenvalue weighted by atomic mass is 35.5. The van der Waals surface area contributed by atoms with Crippen molar-refractivity contribution in [2.24, 2.45) is 0 Å². The van der Waals surface area contributed by atoms with Crippen LogP contribution in [0.25, 0.3) is 0 Å². The molecule has 2 aromatic rings. The highest BCUT2D eigenvalue weighted by molar-refractivity contribution is 6.30. The van der Waals surface area contributed by atoms with Crippen LogP contribution in [0.4, 0.5) is 4.79 Å². The zero-order valence-corrected chi connectivity index (χ0v) is 17.1. The van der Waals surface area contributed by atoms with Crippen LogP contribution >= 0.6 is 11.6 Å².